The summed E-state index contributed by atoms with van der Waals surface area (Å²) < 4.78 is 8.31. The molecule has 0 saturated carbocycles. The molecule has 0 aliphatic rings. The van der Waals surface area contributed by atoms with Gasteiger partial charge in [-0.15, -0.1) is 0 Å². The summed E-state index contributed by atoms with van der Waals surface area (Å²) in [7, 11) is 4.04. The third-order valence-electron chi connectivity index (χ3n) is 2.73. The zero-order valence-corrected chi connectivity index (χ0v) is 14.5. The van der Waals surface area contributed by atoms with Gasteiger partial charge in [-0.1, -0.05) is 0 Å². The van der Waals surface area contributed by atoms with Crippen LogP contribution in [0.25, 0.3) is 0 Å². The predicted octanol–water partition coefficient (Wildman–Crippen LogP) is -2.29. The second-order valence-corrected chi connectivity index (χ2v) is 4.79. The van der Waals surface area contributed by atoms with Crippen LogP contribution in [0.15, 0.2) is 49.6 Å². The van der Waals surface area contributed by atoms with Crippen LogP contribution in [-0.4, -0.2) is 21.1 Å². The standard InChI is InChI=1S/2C6H11N2.C4H4O4/c2*1-3-8-5-4-7(2)6-8;5-3(6)1-2-4(7)8/h2*4-6H,3H2,1-2H3;1-2H,(H,5,6)(H,7,8)/q2*+1;/p-2/b;;2-1-. The van der Waals surface area contributed by atoms with Crippen molar-refractivity contribution in [1.82, 2.24) is 9.13 Å². The van der Waals surface area contributed by atoms with Crippen LogP contribution in [0.2, 0.25) is 0 Å². The molecule has 0 aliphatic carbocycles. The Morgan fingerprint density at radius 2 is 1.21 bits per heavy atom. The largest absolute Gasteiger partial charge is 0.545 e. The summed E-state index contributed by atoms with van der Waals surface area (Å²) in [5.74, 6) is -3.09. The summed E-state index contributed by atoms with van der Waals surface area (Å²) in [5, 5.41) is 18.8. The van der Waals surface area contributed by atoms with E-state index in [2.05, 4.69) is 48.0 Å². The molecular weight excluding hydrogens is 312 g/mol. The molecule has 0 spiro atoms. The molecule has 0 aromatic carbocycles. The predicted molar refractivity (Wildman–Crippen MR) is 81.7 cm³/mol. The van der Waals surface area contributed by atoms with Gasteiger partial charge in [-0.3, -0.25) is 0 Å². The number of aromatic nitrogens is 4. The maximum atomic E-state index is 9.41. The lowest BCUT2D eigenvalue weighted by molar-refractivity contribution is -0.693. The molecule has 2 rings (SSSR count). The number of nitrogens with zero attached hydrogens (tertiary/aromatic N) is 4. The quantitative estimate of drug-likeness (QED) is 0.463. The van der Waals surface area contributed by atoms with Crippen LogP contribution < -0.4 is 19.3 Å². The minimum atomic E-state index is -1.55. The maximum absolute atomic E-state index is 9.41. The molecule has 2 heterocycles. The highest BCUT2D eigenvalue weighted by molar-refractivity contribution is 5.87. The summed E-state index contributed by atoms with van der Waals surface area (Å²) in [4.78, 5) is 18.8. The van der Waals surface area contributed by atoms with Crippen LogP contribution >= 0.6 is 0 Å². The number of aryl methyl sites for hydroxylation is 4. The second-order valence-electron chi connectivity index (χ2n) is 4.79. The van der Waals surface area contributed by atoms with Crippen LogP contribution in [0.1, 0.15) is 13.8 Å². The van der Waals surface area contributed by atoms with E-state index >= 15 is 0 Å². The van der Waals surface area contributed by atoms with Gasteiger partial charge in [0.1, 0.15) is 24.8 Å². The van der Waals surface area contributed by atoms with E-state index in [1.165, 1.54) is 0 Å². The van der Waals surface area contributed by atoms with E-state index in [9.17, 15) is 19.8 Å². The molecule has 0 N–H and O–H groups in total. The van der Waals surface area contributed by atoms with Crippen molar-refractivity contribution in [3.05, 3.63) is 49.6 Å². The number of carbonyl (C=O) groups is 2. The second kappa shape index (κ2) is 11.6. The van der Waals surface area contributed by atoms with Crippen molar-refractivity contribution >= 4 is 11.9 Å². The van der Waals surface area contributed by atoms with Gasteiger partial charge in [0.05, 0.1) is 39.1 Å². The van der Waals surface area contributed by atoms with Crippen molar-refractivity contribution in [3.8, 4) is 0 Å². The molecule has 0 fully saturated rings. The number of hydrogen-bond acceptors (Lipinski definition) is 4. The fraction of sp³-hybridized carbons (Fsp3) is 0.375. The molecule has 132 valence electrons. The van der Waals surface area contributed by atoms with Gasteiger partial charge >= 0.3 is 0 Å². The molecule has 0 saturated heterocycles. The molecule has 2 aromatic heterocycles. The van der Waals surface area contributed by atoms with E-state index in [1.54, 1.807) is 0 Å². The Bertz CT molecular complexity index is 602. The molecule has 24 heavy (non-hydrogen) atoms. The van der Waals surface area contributed by atoms with Crippen molar-refractivity contribution in [2.75, 3.05) is 0 Å². The fourth-order valence-corrected chi connectivity index (χ4v) is 1.51. The Kier molecular flexibility index (Phi) is 10.2. The van der Waals surface area contributed by atoms with Gasteiger partial charge in [-0.25, -0.2) is 18.3 Å². The van der Waals surface area contributed by atoms with E-state index in [-0.39, 0.29) is 0 Å². The highest BCUT2D eigenvalue weighted by Gasteiger charge is 1.93. The van der Waals surface area contributed by atoms with Crippen LogP contribution in [0.5, 0.6) is 0 Å². The van der Waals surface area contributed by atoms with Gasteiger partial charge < -0.3 is 19.8 Å². The highest BCUT2D eigenvalue weighted by Crippen LogP contribution is 1.75. The average Bonchev–Trinajstić information content (AvgIpc) is 3.14. The average molecular weight is 336 g/mol. The van der Waals surface area contributed by atoms with Gasteiger partial charge in [-0.05, 0) is 26.0 Å². The van der Waals surface area contributed by atoms with Gasteiger partial charge in [0, 0.05) is 0 Å². The summed E-state index contributed by atoms with van der Waals surface area (Å²) in [6.45, 7) is 6.36. The van der Waals surface area contributed by atoms with Crippen molar-refractivity contribution in [2.24, 2.45) is 14.1 Å². The molecular formula is C16H24N4O4. The smallest absolute Gasteiger partial charge is 0.243 e. The molecule has 8 nitrogen and oxygen atoms in total. The first-order valence-electron chi connectivity index (χ1n) is 7.40. The first-order chi connectivity index (χ1) is 11.3. The molecule has 0 amide bonds. The minimum absolute atomic E-state index is 0.384. The Morgan fingerprint density at radius 3 is 1.33 bits per heavy atom. The van der Waals surface area contributed by atoms with Gasteiger partial charge in [0.25, 0.3) is 0 Å². The summed E-state index contributed by atoms with van der Waals surface area (Å²) >= 11 is 0. The number of hydrogen-bond donors (Lipinski definition) is 0. The summed E-state index contributed by atoms with van der Waals surface area (Å²) in [6, 6.07) is 0. The Labute approximate surface area is 141 Å². The lowest BCUT2D eigenvalue weighted by atomic mass is 10.5. The van der Waals surface area contributed by atoms with Crippen molar-refractivity contribution in [2.45, 2.75) is 26.9 Å². The highest BCUT2D eigenvalue weighted by atomic mass is 16.4. The third kappa shape index (κ3) is 10.8. The zero-order valence-electron chi connectivity index (χ0n) is 14.5. The Balaban J connectivity index is 0.000000331. The van der Waals surface area contributed by atoms with Crippen molar-refractivity contribution < 1.29 is 28.9 Å². The monoisotopic (exact) mass is 336 g/mol. The van der Waals surface area contributed by atoms with E-state index in [0.29, 0.717) is 12.2 Å². The summed E-state index contributed by atoms with van der Waals surface area (Å²) in [5.41, 5.74) is 0. The molecule has 2 aromatic rings. The fourth-order valence-electron chi connectivity index (χ4n) is 1.51. The maximum Gasteiger partial charge on any atom is 0.243 e. The first kappa shape index (κ1) is 21.1. The van der Waals surface area contributed by atoms with Crippen LogP contribution in [0, 0.1) is 0 Å². The van der Waals surface area contributed by atoms with Crippen LogP contribution in [0.3, 0.4) is 0 Å². The number of carboxylic acid groups (broad SMARTS) is 2. The lowest BCUT2D eigenvalue weighted by Gasteiger charge is -1.90. The number of carboxylic acids is 2. The van der Waals surface area contributed by atoms with Crippen LogP contribution in [0.4, 0.5) is 0 Å². The van der Waals surface area contributed by atoms with E-state index < -0.39 is 11.9 Å². The summed E-state index contributed by atoms with van der Waals surface area (Å²) in [6.07, 6.45) is 13.1. The molecule has 0 unspecified atom stereocenters. The van der Waals surface area contributed by atoms with E-state index in [1.807, 2.05) is 35.6 Å². The number of imidazole rings is 2. The van der Waals surface area contributed by atoms with Gasteiger partial charge in [-0.2, -0.15) is 0 Å². The number of carbonyl (C=O) groups excluding carboxylic acids is 2. The van der Waals surface area contributed by atoms with Gasteiger partial charge in [0.2, 0.25) is 12.7 Å². The SMILES string of the molecule is CC[n+]1ccn(C)c1.CC[n+]1ccn(C)c1.O=C([O-])/C=C\C(=O)[O-]. The molecule has 8 heteroatoms. The normalized spacial score (nSPS) is 9.67. The third-order valence-corrected chi connectivity index (χ3v) is 2.73. The van der Waals surface area contributed by atoms with E-state index in [0.717, 1.165) is 13.1 Å². The topological polar surface area (TPSA) is 97.9 Å². The number of rotatable bonds is 4. The molecule has 0 aliphatic heterocycles. The van der Waals surface area contributed by atoms with E-state index in [4.69, 9.17) is 0 Å². The first-order valence-corrected chi connectivity index (χ1v) is 7.40. The lowest BCUT2D eigenvalue weighted by Crippen LogP contribution is -2.28. The molecule has 0 radical (unpaired) electrons. The van der Waals surface area contributed by atoms with Crippen molar-refractivity contribution in [1.29, 1.82) is 0 Å². The van der Waals surface area contributed by atoms with Crippen molar-refractivity contribution in [3.63, 3.8) is 0 Å². The van der Waals surface area contributed by atoms with Gasteiger partial charge in [0.15, 0.2) is 0 Å². The molecule has 0 bridgehead atoms. The molecule has 0 atom stereocenters. The number of aliphatic carboxylic acids is 2. The Morgan fingerprint density at radius 1 is 0.875 bits per heavy atom. The Hall–Kier alpha value is -2.90. The zero-order chi connectivity index (χ0) is 18.5. The minimum Gasteiger partial charge on any atom is -0.545 e. The van der Waals surface area contributed by atoms with Crippen LogP contribution in [-0.2, 0) is 36.8 Å².